The number of nitrogens with zero attached hydrogens (tertiary/aromatic N) is 4. The third kappa shape index (κ3) is 4.46. The van der Waals surface area contributed by atoms with Gasteiger partial charge < -0.3 is 19.9 Å². The normalized spacial score (nSPS) is 21.9. The third-order valence-corrected chi connectivity index (χ3v) is 4.18. The molecule has 0 saturated carbocycles. The van der Waals surface area contributed by atoms with Gasteiger partial charge in [-0.1, -0.05) is 0 Å². The Hall–Kier alpha value is -2.78. The second kappa shape index (κ2) is 8.30. The van der Waals surface area contributed by atoms with E-state index in [-0.39, 0.29) is 18.2 Å². The molecule has 2 aromatic heterocycles. The van der Waals surface area contributed by atoms with E-state index >= 15 is 0 Å². The number of imidazole rings is 1. The lowest BCUT2D eigenvalue weighted by atomic mass is 10.1. The molecule has 3 N–H and O–H groups in total. The van der Waals surface area contributed by atoms with Crippen LogP contribution in [-0.2, 0) is 19.1 Å². The van der Waals surface area contributed by atoms with E-state index in [9.17, 15) is 9.90 Å². The first kappa shape index (κ1) is 20.9. The molecule has 1 saturated heterocycles. The van der Waals surface area contributed by atoms with Crippen LogP contribution in [0.3, 0.4) is 0 Å². The molecule has 3 atom stereocenters. The van der Waals surface area contributed by atoms with Gasteiger partial charge >= 0.3 is 0 Å². The molecule has 0 spiro atoms. The SMILES string of the molecule is C#Cc1nc(NOCC)c2ncn([C@@H]3O[C@H](C(=O)NC)C[C@H]3OC(C)(C)O)c2n1. The number of likely N-dealkylation sites (N-methyl/N-ethyl adjacent to an activating group) is 1. The van der Waals surface area contributed by atoms with Crippen LogP contribution < -0.4 is 10.8 Å². The predicted octanol–water partition coefficient (Wildman–Crippen LogP) is 0.318. The first-order chi connectivity index (χ1) is 13.8. The van der Waals surface area contributed by atoms with Crippen LogP contribution in [0, 0.1) is 12.3 Å². The molecular weight excluding hydrogens is 380 g/mol. The van der Waals surface area contributed by atoms with E-state index in [2.05, 4.69) is 31.7 Å². The molecule has 1 amide bonds. The van der Waals surface area contributed by atoms with Crippen LogP contribution in [0.1, 0.15) is 39.2 Å². The number of hydrogen-bond acceptors (Lipinski definition) is 9. The molecule has 0 radical (unpaired) electrons. The highest BCUT2D eigenvalue weighted by Gasteiger charge is 2.43. The van der Waals surface area contributed by atoms with Crippen molar-refractivity contribution in [2.75, 3.05) is 19.1 Å². The number of ether oxygens (including phenoxy) is 2. The average molecular weight is 404 g/mol. The smallest absolute Gasteiger partial charge is 0.249 e. The summed E-state index contributed by atoms with van der Waals surface area (Å²) in [6, 6.07) is 0. The maximum absolute atomic E-state index is 12.1. The van der Waals surface area contributed by atoms with E-state index < -0.39 is 24.2 Å². The first-order valence-electron chi connectivity index (χ1n) is 9.13. The molecule has 0 bridgehead atoms. The summed E-state index contributed by atoms with van der Waals surface area (Å²) in [6.07, 6.45) is 5.06. The van der Waals surface area contributed by atoms with E-state index in [1.165, 1.54) is 27.2 Å². The highest BCUT2D eigenvalue weighted by Crippen LogP contribution is 2.35. The van der Waals surface area contributed by atoms with Crippen molar-refractivity contribution in [1.82, 2.24) is 24.8 Å². The van der Waals surface area contributed by atoms with Crippen molar-refractivity contribution in [3.8, 4) is 12.3 Å². The van der Waals surface area contributed by atoms with E-state index in [1.54, 1.807) is 4.57 Å². The van der Waals surface area contributed by atoms with Crippen LogP contribution in [-0.4, -0.2) is 62.2 Å². The quantitative estimate of drug-likeness (QED) is 0.339. The van der Waals surface area contributed by atoms with Crippen LogP contribution >= 0.6 is 0 Å². The van der Waals surface area contributed by atoms with E-state index in [0.717, 1.165) is 0 Å². The number of amides is 1. The van der Waals surface area contributed by atoms with Crippen molar-refractivity contribution >= 4 is 22.9 Å². The number of carbonyl (C=O) groups excluding carboxylic acids is 1. The Morgan fingerprint density at radius 3 is 2.90 bits per heavy atom. The van der Waals surface area contributed by atoms with Gasteiger partial charge in [0.25, 0.3) is 0 Å². The second-order valence-corrected chi connectivity index (χ2v) is 6.87. The number of aliphatic hydroxyl groups is 1. The van der Waals surface area contributed by atoms with Crippen LogP contribution in [0.25, 0.3) is 11.2 Å². The highest BCUT2D eigenvalue weighted by molar-refractivity contribution is 5.83. The van der Waals surface area contributed by atoms with Crippen molar-refractivity contribution in [2.45, 2.75) is 51.4 Å². The maximum atomic E-state index is 12.1. The largest absolute Gasteiger partial charge is 0.366 e. The summed E-state index contributed by atoms with van der Waals surface area (Å²) < 4.78 is 13.3. The van der Waals surface area contributed by atoms with Gasteiger partial charge in [-0.2, -0.15) is 4.98 Å². The molecule has 3 rings (SSSR count). The molecular formula is C18H24N6O5. The third-order valence-electron chi connectivity index (χ3n) is 4.18. The molecule has 3 heterocycles. The van der Waals surface area contributed by atoms with Crippen molar-refractivity contribution in [1.29, 1.82) is 0 Å². The fourth-order valence-electron chi connectivity index (χ4n) is 3.07. The van der Waals surface area contributed by atoms with Crippen molar-refractivity contribution in [2.24, 2.45) is 0 Å². The van der Waals surface area contributed by atoms with Crippen LogP contribution in [0.2, 0.25) is 0 Å². The summed E-state index contributed by atoms with van der Waals surface area (Å²) in [5, 5.41) is 12.7. The lowest BCUT2D eigenvalue weighted by molar-refractivity contribution is -0.222. The number of rotatable bonds is 7. The fraction of sp³-hybridized carbons (Fsp3) is 0.556. The lowest BCUT2D eigenvalue weighted by Gasteiger charge is -2.27. The molecule has 29 heavy (non-hydrogen) atoms. The minimum Gasteiger partial charge on any atom is -0.366 e. The number of nitrogens with one attached hydrogen (secondary N) is 2. The maximum Gasteiger partial charge on any atom is 0.249 e. The Morgan fingerprint density at radius 1 is 1.52 bits per heavy atom. The van der Waals surface area contributed by atoms with Crippen molar-refractivity contribution < 1.29 is 24.2 Å². The van der Waals surface area contributed by atoms with Crippen LogP contribution in [0.5, 0.6) is 0 Å². The molecule has 1 aliphatic rings. The Morgan fingerprint density at radius 2 is 2.28 bits per heavy atom. The summed E-state index contributed by atoms with van der Waals surface area (Å²) >= 11 is 0. The van der Waals surface area contributed by atoms with Crippen molar-refractivity contribution in [3.63, 3.8) is 0 Å². The van der Waals surface area contributed by atoms with E-state index in [1.807, 2.05) is 6.92 Å². The van der Waals surface area contributed by atoms with Gasteiger partial charge in [0.15, 0.2) is 29.0 Å². The lowest BCUT2D eigenvalue weighted by Crippen LogP contribution is -2.34. The van der Waals surface area contributed by atoms with Crippen LogP contribution in [0.4, 0.5) is 5.82 Å². The molecule has 1 aliphatic heterocycles. The molecule has 11 heteroatoms. The zero-order chi connectivity index (χ0) is 21.2. The zero-order valence-corrected chi connectivity index (χ0v) is 16.7. The Bertz CT molecular complexity index is 931. The zero-order valence-electron chi connectivity index (χ0n) is 16.7. The Kier molecular flexibility index (Phi) is 5.99. The highest BCUT2D eigenvalue weighted by atomic mass is 16.7. The minimum atomic E-state index is -1.43. The van der Waals surface area contributed by atoms with Gasteiger partial charge in [0, 0.05) is 13.5 Å². The van der Waals surface area contributed by atoms with Gasteiger partial charge in [-0.05, 0) is 26.7 Å². The topological polar surface area (TPSA) is 133 Å². The first-order valence-corrected chi connectivity index (χ1v) is 9.13. The van der Waals surface area contributed by atoms with Gasteiger partial charge in [-0.3, -0.25) is 14.2 Å². The van der Waals surface area contributed by atoms with Gasteiger partial charge in [0.05, 0.1) is 12.9 Å². The Labute approximate surface area is 167 Å². The number of carbonyl (C=O) groups is 1. The second-order valence-electron chi connectivity index (χ2n) is 6.87. The molecule has 11 nitrogen and oxygen atoms in total. The molecule has 1 fully saturated rings. The molecule has 156 valence electrons. The standard InChI is InChI=1S/C18H24N6O5/c1-6-12-21-14(23-27-7-2)13-15(22-12)24(9-20-13)17-11(29-18(3,4)26)8-10(28-17)16(25)19-5/h1,9-11,17,26H,7-8H2,2-5H3,(H,19,25)(H,21,22,23)/t10-,11+,17+/m0/s1. The molecule has 0 aromatic carbocycles. The van der Waals surface area contributed by atoms with Gasteiger partial charge in [-0.25, -0.2) is 15.4 Å². The number of fused-ring (bicyclic) bond motifs is 1. The van der Waals surface area contributed by atoms with Gasteiger partial charge in [0.1, 0.15) is 12.2 Å². The monoisotopic (exact) mass is 404 g/mol. The van der Waals surface area contributed by atoms with E-state index in [4.69, 9.17) is 20.7 Å². The van der Waals surface area contributed by atoms with Gasteiger partial charge in [-0.15, -0.1) is 6.42 Å². The van der Waals surface area contributed by atoms with E-state index in [0.29, 0.717) is 23.6 Å². The molecule has 0 unspecified atom stereocenters. The summed E-state index contributed by atoms with van der Waals surface area (Å²) in [6.45, 7) is 5.23. The average Bonchev–Trinajstić information content (AvgIpc) is 3.27. The summed E-state index contributed by atoms with van der Waals surface area (Å²) in [7, 11) is 1.52. The number of terminal acetylenes is 1. The van der Waals surface area contributed by atoms with Crippen molar-refractivity contribution in [3.05, 3.63) is 12.2 Å². The van der Waals surface area contributed by atoms with Gasteiger partial charge in [0.2, 0.25) is 11.7 Å². The molecule has 2 aromatic rings. The number of anilines is 1. The summed E-state index contributed by atoms with van der Waals surface area (Å²) in [5.41, 5.74) is 3.49. The van der Waals surface area contributed by atoms with Crippen LogP contribution in [0.15, 0.2) is 6.33 Å². The summed E-state index contributed by atoms with van der Waals surface area (Å²) in [5.74, 6) is 1.11. The Balaban J connectivity index is 2.04. The fourth-order valence-corrected chi connectivity index (χ4v) is 3.07. The minimum absolute atomic E-state index is 0.127. The predicted molar refractivity (Wildman–Crippen MR) is 102 cm³/mol. The number of aromatic nitrogens is 4. The summed E-state index contributed by atoms with van der Waals surface area (Å²) in [4.78, 5) is 30.2. The molecule has 0 aliphatic carbocycles. The number of hydrogen-bond donors (Lipinski definition) is 3.